The van der Waals surface area contributed by atoms with Crippen molar-refractivity contribution in [2.24, 2.45) is 0 Å². The molecule has 0 radical (unpaired) electrons. The molecule has 3 unspecified atom stereocenters. The zero-order valence-corrected chi connectivity index (χ0v) is 17.2. The highest BCUT2D eigenvalue weighted by Crippen LogP contribution is 2.51. The Morgan fingerprint density at radius 3 is 2.33 bits per heavy atom. The molecule has 1 fully saturated rings. The number of alkyl halides is 4. The third-order valence-electron chi connectivity index (χ3n) is 6.98. The summed E-state index contributed by atoms with van der Waals surface area (Å²) in [7, 11) is 3.88. The van der Waals surface area contributed by atoms with Gasteiger partial charge in [-0.3, -0.25) is 0 Å². The Morgan fingerprint density at radius 1 is 1.03 bits per heavy atom. The molecule has 0 saturated carbocycles. The topological polar surface area (TPSA) is 6.48 Å². The van der Waals surface area contributed by atoms with Crippen molar-refractivity contribution in [3.8, 4) is 0 Å². The molecule has 0 spiro atoms. The molecule has 2 aromatic rings. The van der Waals surface area contributed by atoms with E-state index in [4.69, 9.17) is 0 Å². The lowest BCUT2D eigenvalue weighted by Gasteiger charge is -2.47. The van der Waals surface area contributed by atoms with Crippen LogP contribution in [0.5, 0.6) is 0 Å². The first-order valence-electron chi connectivity index (χ1n) is 10.0. The van der Waals surface area contributed by atoms with Crippen LogP contribution < -0.4 is 4.90 Å². The molecule has 2 nitrogen and oxygen atoms in total. The Hall–Kier alpha value is -2.15. The van der Waals surface area contributed by atoms with Gasteiger partial charge in [-0.1, -0.05) is 24.3 Å². The van der Waals surface area contributed by atoms with Crippen LogP contribution >= 0.6 is 0 Å². The molecular weight excluding hydrogens is 399 g/mol. The number of hydrogen-bond donors (Lipinski definition) is 0. The number of benzene rings is 2. The predicted octanol–water partition coefficient (Wildman–Crippen LogP) is 5.21. The van der Waals surface area contributed by atoms with Gasteiger partial charge in [0.05, 0.1) is 0 Å². The molecule has 0 N–H and O–H groups in total. The summed E-state index contributed by atoms with van der Waals surface area (Å²) in [5.74, 6) is -0.306. The predicted molar refractivity (Wildman–Crippen MR) is 107 cm³/mol. The summed E-state index contributed by atoms with van der Waals surface area (Å²) < 4.78 is 67.9. The van der Waals surface area contributed by atoms with Gasteiger partial charge in [-0.15, -0.1) is 0 Å². The maximum absolute atomic E-state index is 14.6. The number of likely N-dealkylation sites (tertiary alicyclic amines) is 1. The lowest BCUT2D eigenvalue weighted by atomic mass is 9.67. The van der Waals surface area contributed by atoms with Gasteiger partial charge < -0.3 is 9.80 Å². The van der Waals surface area contributed by atoms with Gasteiger partial charge in [0.2, 0.25) is 5.67 Å². The van der Waals surface area contributed by atoms with Gasteiger partial charge in [-0.2, -0.15) is 13.2 Å². The number of rotatable bonds is 3. The number of hydrogen-bond acceptors (Lipinski definition) is 2. The van der Waals surface area contributed by atoms with E-state index in [1.54, 1.807) is 18.2 Å². The van der Waals surface area contributed by atoms with Crippen molar-refractivity contribution in [2.45, 2.75) is 43.1 Å². The van der Waals surface area contributed by atoms with E-state index in [0.29, 0.717) is 25.6 Å². The van der Waals surface area contributed by atoms with Crippen LogP contribution in [0.1, 0.15) is 30.0 Å². The fourth-order valence-corrected chi connectivity index (χ4v) is 5.10. The van der Waals surface area contributed by atoms with E-state index in [9.17, 15) is 22.0 Å². The van der Waals surface area contributed by atoms with Gasteiger partial charge >= 0.3 is 6.18 Å². The number of nitrogens with zero attached hydrogens (tertiary/aromatic N) is 2. The van der Waals surface area contributed by atoms with Gasteiger partial charge in [0.1, 0.15) is 5.82 Å². The molecule has 4 rings (SSSR count). The third kappa shape index (κ3) is 3.18. The van der Waals surface area contributed by atoms with Gasteiger partial charge in [0, 0.05) is 36.3 Å². The monoisotopic (exact) mass is 424 g/mol. The van der Waals surface area contributed by atoms with E-state index in [0.717, 1.165) is 24.1 Å². The van der Waals surface area contributed by atoms with Crippen molar-refractivity contribution < 1.29 is 22.0 Å². The SMILES string of the molecule is CN1CC2N(C)CCC2(Cc2ccc(F)cc2)c2ccc(C(C)(F)C(F)(F)F)cc21. The molecule has 2 heterocycles. The lowest BCUT2D eigenvalue weighted by Crippen LogP contribution is -2.53. The number of anilines is 1. The fraction of sp³-hybridized carbons (Fsp3) is 0.478. The van der Waals surface area contributed by atoms with E-state index < -0.39 is 11.8 Å². The smallest absolute Gasteiger partial charge is 0.373 e. The van der Waals surface area contributed by atoms with Crippen LogP contribution in [0, 0.1) is 5.82 Å². The lowest BCUT2D eigenvalue weighted by molar-refractivity contribution is -0.228. The molecule has 0 aliphatic carbocycles. The van der Waals surface area contributed by atoms with E-state index in [-0.39, 0.29) is 22.8 Å². The molecule has 1 saturated heterocycles. The Bertz CT molecular complexity index is 938. The summed E-state index contributed by atoms with van der Waals surface area (Å²) in [5, 5.41) is 0. The quantitative estimate of drug-likeness (QED) is 0.625. The van der Waals surface area contributed by atoms with Crippen molar-refractivity contribution in [3.05, 3.63) is 65.0 Å². The molecule has 0 bridgehead atoms. The third-order valence-corrected chi connectivity index (χ3v) is 6.98. The van der Waals surface area contributed by atoms with Gasteiger partial charge in [-0.25, -0.2) is 8.78 Å². The summed E-state index contributed by atoms with van der Waals surface area (Å²) in [5.41, 5.74) is -1.59. The molecule has 2 aliphatic heterocycles. The van der Waals surface area contributed by atoms with Crippen LogP contribution in [0.25, 0.3) is 0 Å². The van der Waals surface area contributed by atoms with Crippen LogP contribution in [0.2, 0.25) is 0 Å². The molecule has 162 valence electrons. The maximum atomic E-state index is 14.6. The van der Waals surface area contributed by atoms with Crippen LogP contribution in [0.4, 0.5) is 27.6 Å². The highest BCUT2D eigenvalue weighted by molar-refractivity contribution is 5.63. The van der Waals surface area contributed by atoms with Crippen molar-refractivity contribution in [3.63, 3.8) is 0 Å². The van der Waals surface area contributed by atoms with Crippen molar-refractivity contribution in [2.75, 3.05) is 32.1 Å². The second-order valence-electron chi connectivity index (χ2n) is 8.82. The largest absolute Gasteiger partial charge is 0.426 e. The number of halogens is 5. The van der Waals surface area contributed by atoms with Gasteiger partial charge in [0.15, 0.2) is 0 Å². The molecule has 30 heavy (non-hydrogen) atoms. The molecule has 7 heteroatoms. The maximum Gasteiger partial charge on any atom is 0.426 e. The van der Waals surface area contributed by atoms with Crippen LogP contribution in [-0.4, -0.2) is 44.3 Å². The first kappa shape index (κ1) is 21.1. The van der Waals surface area contributed by atoms with Crippen molar-refractivity contribution in [1.82, 2.24) is 4.90 Å². The summed E-state index contributed by atoms with van der Waals surface area (Å²) in [6, 6.07) is 10.8. The summed E-state index contributed by atoms with van der Waals surface area (Å²) in [4.78, 5) is 4.19. The van der Waals surface area contributed by atoms with Crippen LogP contribution in [-0.2, 0) is 17.5 Å². The van der Waals surface area contributed by atoms with Gasteiger partial charge in [-0.05, 0) is 62.7 Å². The first-order valence-corrected chi connectivity index (χ1v) is 10.0. The van der Waals surface area contributed by atoms with Crippen molar-refractivity contribution in [1.29, 1.82) is 0 Å². The number of fused-ring (bicyclic) bond motifs is 3. The van der Waals surface area contributed by atoms with Crippen LogP contribution in [0.3, 0.4) is 0 Å². The molecule has 2 aliphatic rings. The second-order valence-corrected chi connectivity index (χ2v) is 8.82. The molecule has 2 aromatic carbocycles. The minimum Gasteiger partial charge on any atom is -0.373 e. The van der Waals surface area contributed by atoms with E-state index in [1.807, 2.05) is 19.0 Å². The van der Waals surface area contributed by atoms with Gasteiger partial charge in [0.25, 0.3) is 0 Å². The zero-order valence-electron chi connectivity index (χ0n) is 17.2. The Labute approximate surface area is 173 Å². The van der Waals surface area contributed by atoms with E-state index in [2.05, 4.69) is 4.90 Å². The summed E-state index contributed by atoms with van der Waals surface area (Å²) in [6.07, 6.45) is -3.51. The Morgan fingerprint density at radius 2 is 1.70 bits per heavy atom. The highest BCUT2D eigenvalue weighted by Gasteiger charge is 2.55. The van der Waals surface area contributed by atoms with Crippen molar-refractivity contribution >= 4 is 5.69 Å². The standard InChI is InChI=1S/C23H25F5N2/c1-21(25,23(26,27)28)16-6-9-18-19(12-16)30(3)14-20-22(18,10-11-29(20)2)13-15-4-7-17(24)8-5-15/h4-9,12,20H,10-11,13-14H2,1-3H3. The average Bonchev–Trinajstić information content (AvgIpc) is 2.99. The first-order chi connectivity index (χ1) is 14.0. The zero-order chi connectivity index (χ0) is 21.9. The Balaban J connectivity index is 1.83. The summed E-state index contributed by atoms with van der Waals surface area (Å²) >= 11 is 0. The van der Waals surface area contributed by atoms with E-state index >= 15 is 0 Å². The van der Waals surface area contributed by atoms with E-state index in [1.165, 1.54) is 24.3 Å². The minimum absolute atomic E-state index is 0.158. The highest BCUT2D eigenvalue weighted by atomic mass is 19.4. The molecule has 3 atom stereocenters. The fourth-order valence-electron chi connectivity index (χ4n) is 5.10. The average molecular weight is 424 g/mol. The second kappa shape index (κ2) is 6.94. The van der Waals surface area contributed by atoms with Crippen LogP contribution in [0.15, 0.2) is 42.5 Å². The summed E-state index contributed by atoms with van der Waals surface area (Å²) in [6.45, 7) is 2.05. The Kier molecular flexibility index (Phi) is 4.88. The normalized spacial score (nSPS) is 26.3. The number of likely N-dealkylation sites (N-methyl/N-ethyl adjacent to an activating group) is 2. The minimum atomic E-state index is -4.99. The molecule has 0 aromatic heterocycles. The molecule has 0 amide bonds. The molecular formula is C23H25F5N2.